The van der Waals surface area contributed by atoms with Gasteiger partial charge < -0.3 is 9.47 Å². The molecule has 0 aliphatic carbocycles. The third-order valence-corrected chi connectivity index (χ3v) is 5.90. The van der Waals surface area contributed by atoms with E-state index in [0.29, 0.717) is 17.7 Å². The molecular formula is C21H29Cl2FN6O2. The van der Waals surface area contributed by atoms with E-state index in [1.807, 2.05) is 16.7 Å². The Morgan fingerprint density at radius 1 is 0.906 bits per heavy atom. The number of aromatic nitrogens is 4. The summed E-state index contributed by atoms with van der Waals surface area (Å²) in [6, 6.07) is 6.68. The van der Waals surface area contributed by atoms with E-state index in [9.17, 15) is 14.0 Å². The van der Waals surface area contributed by atoms with Gasteiger partial charge in [0.1, 0.15) is 5.82 Å². The van der Waals surface area contributed by atoms with Crippen molar-refractivity contribution >= 4 is 41.7 Å². The van der Waals surface area contributed by atoms with Gasteiger partial charge in [0.2, 0.25) is 0 Å². The summed E-state index contributed by atoms with van der Waals surface area (Å²) < 4.78 is 17.5. The van der Waals surface area contributed by atoms with Crippen LogP contribution in [-0.2, 0) is 20.6 Å². The second kappa shape index (κ2) is 11.0. The SMILES string of the molecule is Cl.Cl.Cn1c(=O)c2c(ncn2CCCCN2CCN(c3ccc(F)cc3)CC2)n(C)c1=O. The number of imidazole rings is 1. The predicted octanol–water partition coefficient (Wildman–Crippen LogP) is 2.02. The Bertz CT molecular complexity index is 1150. The van der Waals surface area contributed by atoms with Crippen molar-refractivity contribution in [3.8, 4) is 0 Å². The van der Waals surface area contributed by atoms with Crippen LogP contribution >= 0.6 is 24.8 Å². The van der Waals surface area contributed by atoms with Gasteiger partial charge in [0.25, 0.3) is 5.56 Å². The zero-order valence-electron chi connectivity index (χ0n) is 18.2. The molecule has 0 unspecified atom stereocenters. The molecule has 0 saturated carbocycles. The molecule has 32 heavy (non-hydrogen) atoms. The first-order valence-electron chi connectivity index (χ1n) is 10.3. The zero-order valence-corrected chi connectivity index (χ0v) is 19.9. The highest BCUT2D eigenvalue weighted by atomic mass is 35.5. The lowest BCUT2D eigenvalue weighted by atomic mass is 10.2. The molecule has 1 aromatic carbocycles. The molecule has 0 spiro atoms. The fourth-order valence-corrected chi connectivity index (χ4v) is 4.07. The van der Waals surface area contributed by atoms with Crippen LogP contribution in [0, 0.1) is 5.82 Å². The third kappa shape index (κ3) is 5.16. The third-order valence-electron chi connectivity index (χ3n) is 5.90. The highest BCUT2D eigenvalue weighted by Crippen LogP contribution is 2.17. The van der Waals surface area contributed by atoms with E-state index >= 15 is 0 Å². The maximum atomic E-state index is 13.1. The van der Waals surface area contributed by atoms with Crippen molar-refractivity contribution in [2.24, 2.45) is 14.1 Å². The minimum absolute atomic E-state index is 0. The summed E-state index contributed by atoms with van der Waals surface area (Å²) in [5.74, 6) is -0.205. The first-order valence-corrected chi connectivity index (χ1v) is 10.3. The summed E-state index contributed by atoms with van der Waals surface area (Å²) in [7, 11) is 3.13. The van der Waals surface area contributed by atoms with E-state index in [4.69, 9.17) is 0 Å². The summed E-state index contributed by atoms with van der Waals surface area (Å²) in [6.45, 7) is 5.52. The van der Waals surface area contributed by atoms with E-state index in [2.05, 4.69) is 14.8 Å². The summed E-state index contributed by atoms with van der Waals surface area (Å²) in [6.07, 6.45) is 3.59. The lowest BCUT2D eigenvalue weighted by Crippen LogP contribution is -2.46. The Morgan fingerprint density at radius 3 is 2.19 bits per heavy atom. The number of benzene rings is 1. The molecule has 2 aromatic heterocycles. The summed E-state index contributed by atoms with van der Waals surface area (Å²) in [5, 5.41) is 0. The number of hydrogen-bond acceptors (Lipinski definition) is 5. The Balaban J connectivity index is 0.00000181. The Morgan fingerprint density at radius 2 is 1.53 bits per heavy atom. The first-order chi connectivity index (χ1) is 14.5. The molecule has 1 fully saturated rings. The number of nitrogens with zero attached hydrogens (tertiary/aromatic N) is 6. The maximum Gasteiger partial charge on any atom is 0.332 e. The van der Waals surface area contributed by atoms with Crippen LogP contribution in [0.4, 0.5) is 10.1 Å². The van der Waals surface area contributed by atoms with Crippen molar-refractivity contribution in [3.63, 3.8) is 0 Å². The van der Waals surface area contributed by atoms with Gasteiger partial charge in [0.05, 0.1) is 6.33 Å². The van der Waals surface area contributed by atoms with Gasteiger partial charge in [0, 0.05) is 52.5 Å². The fourth-order valence-electron chi connectivity index (χ4n) is 4.07. The quantitative estimate of drug-likeness (QED) is 0.498. The number of unbranched alkanes of at least 4 members (excludes halogenated alkanes) is 1. The van der Waals surface area contributed by atoms with Crippen LogP contribution in [0.15, 0.2) is 40.2 Å². The van der Waals surface area contributed by atoms with Crippen molar-refractivity contribution < 1.29 is 4.39 Å². The number of aryl methyl sites for hydroxylation is 2. The van der Waals surface area contributed by atoms with E-state index < -0.39 is 0 Å². The molecule has 11 heteroatoms. The Hall–Kier alpha value is -2.36. The number of halogens is 3. The molecule has 0 N–H and O–H groups in total. The van der Waals surface area contributed by atoms with Crippen LogP contribution < -0.4 is 16.1 Å². The van der Waals surface area contributed by atoms with Crippen molar-refractivity contribution in [1.82, 2.24) is 23.6 Å². The van der Waals surface area contributed by atoms with E-state index in [1.165, 1.54) is 23.7 Å². The molecule has 0 bridgehead atoms. The molecule has 3 aromatic rings. The number of anilines is 1. The topological polar surface area (TPSA) is 68.3 Å². The second-order valence-corrected chi connectivity index (χ2v) is 7.83. The van der Waals surface area contributed by atoms with Gasteiger partial charge in [-0.25, -0.2) is 14.2 Å². The lowest BCUT2D eigenvalue weighted by Gasteiger charge is -2.36. The summed E-state index contributed by atoms with van der Waals surface area (Å²) in [5.41, 5.74) is 1.31. The van der Waals surface area contributed by atoms with Crippen LogP contribution in [0.2, 0.25) is 0 Å². The first kappa shape index (κ1) is 25.9. The van der Waals surface area contributed by atoms with E-state index in [1.54, 1.807) is 13.4 Å². The van der Waals surface area contributed by atoms with Crippen molar-refractivity contribution in [2.45, 2.75) is 19.4 Å². The molecule has 0 atom stereocenters. The molecule has 0 amide bonds. The van der Waals surface area contributed by atoms with Gasteiger partial charge in [0.15, 0.2) is 11.2 Å². The monoisotopic (exact) mass is 486 g/mol. The Kier molecular flexibility index (Phi) is 8.89. The highest BCUT2D eigenvalue weighted by Gasteiger charge is 2.17. The highest BCUT2D eigenvalue weighted by molar-refractivity contribution is 5.85. The molecule has 8 nitrogen and oxygen atoms in total. The standard InChI is InChI=1S/C21H27FN6O2.2ClH/c1-24-19-18(20(29)25(2)21(24)30)28(15-23-19)10-4-3-9-26-11-13-27(14-12-26)17-7-5-16(22)6-8-17;;/h5-8,15H,3-4,9-14H2,1-2H3;2*1H. The largest absolute Gasteiger partial charge is 0.369 e. The molecule has 1 aliphatic rings. The average molecular weight is 487 g/mol. The van der Waals surface area contributed by atoms with E-state index in [-0.39, 0.29) is 41.9 Å². The van der Waals surface area contributed by atoms with Gasteiger partial charge >= 0.3 is 5.69 Å². The molecule has 0 radical (unpaired) electrons. The number of fused-ring (bicyclic) bond motifs is 1. The average Bonchev–Trinajstić information content (AvgIpc) is 3.19. The molecule has 4 rings (SSSR count). The summed E-state index contributed by atoms with van der Waals surface area (Å²) in [4.78, 5) is 33.5. The number of hydrogen-bond donors (Lipinski definition) is 0. The molecule has 1 saturated heterocycles. The maximum absolute atomic E-state index is 13.1. The van der Waals surface area contributed by atoms with Crippen LogP contribution in [0.25, 0.3) is 11.2 Å². The minimum atomic E-state index is -0.363. The lowest BCUT2D eigenvalue weighted by molar-refractivity contribution is 0.251. The van der Waals surface area contributed by atoms with Gasteiger partial charge in [-0.15, -0.1) is 24.8 Å². The second-order valence-electron chi connectivity index (χ2n) is 7.83. The molecule has 176 valence electrons. The number of piperazine rings is 1. The smallest absolute Gasteiger partial charge is 0.332 e. The summed E-state index contributed by atoms with van der Waals surface area (Å²) >= 11 is 0. The molecule has 3 heterocycles. The van der Waals surface area contributed by atoms with Crippen molar-refractivity contribution in [3.05, 3.63) is 57.2 Å². The van der Waals surface area contributed by atoms with Crippen LogP contribution in [-0.4, -0.2) is 56.3 Å². The van der Waals surface area contributed by atoms with Crippen LogP contribution in [0.1, 0.15) is 12.8 Å². The van der Waals surface area contributed by atoms with Gasteiger partial charge in [-0.3, -0.25) is 18.8 Å². The minimum Gasteiger partial charge on any atom is -0.369 e. The van der Waals surface area contributed by atoms with Crippen LogP contribution in [0.5, 0.6) is 0 Å². The fraction of sp³-hybridized carbons (Fsp3) is 0.476. The normalized spacial score (nSPS) is 14.3. The van der Waals surface area contributed by atoms with Crippen molar-refractivity contribution in [1.29, 1.82) is 0 Å². The zero-order chi connectivity index (χ0) is 21.3. The van der Waals surface area contributed by atoms with Gasteiger partial charge in [-0.1, -0.05) is 0 Å². The van der Waals surface area contributed by atoms with Crippen LogP contribution in [0.3, 0.4) is 0 Å². The van der Waals surface area contributed by atoms with E-state index in [0.717, 1.165) is 55.8 Å². The van der Waals surface area contributed by atoms with Gasteiger partial charge in [-0.2, -0.15) is 0 Å². The Labute approximate surface area is 198 Å². The number of rotatable bonds is 6. The molecular weight excluding hydrogens is 458 g/mol. The predicted molar refractivity (Wildman–Crippen MR) is 129 cm³/mol. The molecule has 1 aliphatic heterocycles. The van der Waals surface area contributed by atoms with Gasteiger partial charge in [-0.05, 0) is 43.7 Å². The van der Waals surface area contributed by atoms with Crippen molar-refractivity contribution in [2.75, 3.05) is 37.6 Å².